The minimum Gasteiger partial charge on any atom is -0.393 e. The summed E-state index contributed by atoms with van der Waals surface area (Å²) < 4.78 is 0. The maximum absolute atomic E-state index is 9.96. The molecule has 0 aromatic carbocycles. The van der Waals surface area contributed by atoms with Gasteiger partial charge in [0.2, 0.25) is 0 Å². The lowest BCUT2D eigenvalue weighted by Crippen LogP contribution is -2.16. The SMILES string of the molecule is CCCCCCCC(O)CC1CCCCC1. The third kappa shape index (κ3) is 6.52. The van der Waals surface area contributed by atoms with E-state index in [1.807, 2.05) is 0 Å². The van der Waals surface area contributed by atoms with Gasteiger partial charge in [0.1, 0.15) is 0 Å². The Balaban J connectivity index is 1.95. The summed E-state index contributed by atoms with van der Waals surface area (Å²) in [5, 5.41) is 9.96. The van der Waals surface area contributed by atoms with Crippen molar-refractivity contribution in [2.24, 2.45) is 5.92 Å². The molecule has 16 heavy (non-hydrogen) atoms. The number of aliphatic hydroxyl groups is 1. The predicted octanol–water partition coefficient (Wildman–Crippen LogP) is 4.68. The average Bonchev–Trinajstić information content (AvgIpc) is 2.30. The second-order valence-corrected chi connectivity index (χ2v) is 5.60. The van der Waals surface area contributed by atoms with E-state index in [0.29, 0.717) is 0 Å². The maximum Gasteiger partial charge on any atom is 0.0542 e. The molecule has 0 heterocycles. The number of unbranched alkanes of at least 4 members (excludes halogenated alkanes) is 4. The van der Waals surface area contributed by atoms with Gasteiger partial charge < -0.3 is 5.11 Å². The smallest absolute Gasteiger partial charge is 0.0542 e. The van der Waals surface area contributed by atoms with Crippen LogP contribution in [0.4, 0.5) is 0 Å². The summed E-state index contributed by atoms with van der Waals surface area (Å²) in [5.74, 6) is 0.833. The molecule has 0 aliphatic heterocycles. The zero-order valence-electron chi connectivity index (χ0n) is 11.1. The van der Waals surface area contributed by atoms with Crippen molar-refractivity contribution in [3.05, 3.63) is 0 Å². The zero-order chi connectivity index (χ0) is 11.6. The molecule has 0 radical (unpaired) electrons. The van der Waals surface area contributed by atoms with Crippen LogP contribution in [0.5, 0.6) is 0 Å². The summed E-state index contributed by atoms with van der Waals surface area (Å²) in [6, 6.07) is 0. The van der Waals surface area contributed by atoms with E-state index in [4.69, 9.17) is 0 Å². The Hall–Kier alpha value is -0.0400. The van der Waals surface area contributed by atoms with E-state index in [1.165, 1.54) is 64.2 Å². The van der Waals surface area contributed by atoms with Crippen LogP contribution in [0.3, 0.4) is 0 Å². The standard InChI is InChI=1S/C15H30O/c1-2-3-4-5-9-12-15(16)13-14-10-7-6-8-11-14/h14-16H,2-13H2,1H3. The molecular weight excluding hydrogens is 196 g/mol. The number of hydrogen-bond donors (Lipinski definition) is 1. The average molecular weight is 226 g/mol. The number of aliphatic hydroxyl groups excluding tert-OH is 1. The van der Waals surface area contributed by atoms with E-state index in [9.17, 15) is 5.11 Å². The summed E-state index contributed by atoms with van der Waals surface area (Å²) in [4.78, 5) is 0. The van der Waals surface area contributed by atoms with Gasteiger partial charge in [-0.15, -0.1) is 0 Å². The van der Waals surface area contributed by atoms with Gasteiger partial charge in [0, 0.05) is 0 Å². The van der Waals surface area contributed by atoms with E-state index in [-0.39, 0.29) is 6.10 Å². The molecule has 1 unspecified atom stereocenters. The molecule has 96 valence electrons. The largest absolute Gasteiger partial charge is 0.393 e. The Morgan fingerprint density at radius 3 is 2.38 bits per heavy atom. The van der Waals surface area contributed by atoms with Gasteiger partial charge in [-0.1, -0.05) is 71.1 Å². The van der Waals surface area contributed by atoms with Gasteiger partial charge in [0.15, 0.2) is 0 Å². The second kappa shape index (κ2) is 9.04. The van der Waals surface area contributed by atoms with Crippen LogP contribution in [0.15, 0.2) is 0 Å². The molecule has 1 rings (SSSR count). The van der Waals surface area contributed by atoms with Gasteiger partial charge in [-0.05, 0) is 18.8 Å². The molecule has 1 aliphatic carbocycles. The molecule has 0 spiro atoms. The lowest BCUT2D eigenvalue weighted by Gasteiger charge is -2.23. The summed E-state index contributed by atoms with van der Waals surface area (Å²) in [6.45, 7) is 2.25. The Morgan fingerprint density at radius 1 is 1.00 bits per heavy atom. The Kier molecular flexibility index (Phi) is 7.92. The molecule has 1 saturated carbocycles. The summed E-state index contributed by atoms with van der Waals surface area (Å²) in [7, 11) is 0. The van der Waals surface area contributed by atoms with Gasteiger partial charge >= 0.3 is 0 Å². The van der Waals surface area contributed by atoms with Crippen LogP contribution in [-0.4, -0.2) is 11.2 Å². The molecule has 1 aliphatic rings. The van der Waals surface area contributed by atoms with Crippen molar-refractivity contribution in [2.45, 2.75) is 90.1 Å². The second-order valence-electron chi connectivity index (χ2n) is 5.60. The Labute approximate surface area is 102 Å². The summed E-state index contributed by atoms with van der Waals surface area (Å²) in [5.41, 5.74) is 0. The van der Waals surface area contributed by atoms with Crippen molar-refractivity contribution in [1.82, 2.24) is 0 Å². The summed E-state index contributed by atoms with van der Waals surface area (Å²) >= 11 is 0. The molecule has 0 aromatic rings. The van der Waals surface area contributed by atoms with Gasteiger partial charge in [0.05, 0.1) is 6.10 Å². The van der Waals surface area contributed by atoms with Crippen LogP contribution in [-0.2, 0) is 0 Å². The number of rotatable bonds is 8. The highest BCUT2D eigenvalue weighted by Crippen LogP contribution is 2.28. The third-order valence-electron chi connectivity index (χ3n) is 3.97. The van der Waals surface area contributed by atoms with Crippen LogP contribution < -0.4 is 0 Å². The molecule has 1 atom stereocenters. The highest BCUT2D eigenvalue weighted by Gasteiger charge is 2.16. The zero-order valence-corrected chi connectivity index (χ0v) is 11.1. The normalized spacial score (nSPS) is 19.9. The monoisotopic (exact) mass is 226 g/mol. The Morgan fingerprint density at radius 2 is 1.69 bits per heavy atom. The van der Waals surface area contributed by atoms with E-state index < -0.39 is 0 Å². The fourth-order valence-electron chi connectivity index (χ4n) is 2.91. The fraction of sp³-hybridized carbons (Fsp3) is 1.00. The highest BCUT2D eigenvalue weighted by atomic mass is 16.3. The number of hydrogen-bond acceptors (Lipinski definition) is 1. The lowest BCUT2D eigenvalue weighted by atomic mass is 9.84. The third-order valence-corrected chi connectivity index (χ3v) is 3.97. The first-order chi connectivity index (χ1) is 7.83. The van der Waals surface area contributed by atoms with Crippen LogP contribution in [0, 0.1) is 5.92 Å². The first-order valence-corrected chi connectivity index (χ1v) is 7.51. The molecule has 1 fully saturated rings. The molecular formula is C15H30O. The fourth-order valence-corrected chi connectivity index (χ4v) is 2.91. The molecule has 0 bridgehead atoms. The quantitative estimate of drug-likeness (QED) is 0.596. The van der Waals surface area contributed by atoms with E-state index in [2.05, 4.69) is 6.92 Å². The Bertz CT molecular complexity index is 150. The molecule has 1 heteroatoms. The highest BCUT2D eigenvalue weighted by molar-refractivity contribution is 4.69. The van der Waals surface area contributed by atoms with E-state index in [0.717, 1.165) is 18.8 Å². The van der Waals surface area contributed by atoms with Crippen LogP contribution in [0.25, 0.3) is 0 Å². The molecule has 0 aromatic heterocycles. The van der Waals surface area contributed by atoms with E-state index >= 15 is 0 Å². The minimum atomic E-state index is -0.00951. The predicted molar refractivity (Wildman–Crippen MR) is 70.6 cm³/mol. The maximum atomic E-state index is 9.96. The van der Waals surface area contributed by atoms with Crippen molar-refractivity contribution in [3.63, 3.8) is 0 Å². The first kappa shape index (κ1) is 14.0. The topological polar surface area (TPSA) is 20.2 Å². The van der Waals surface area contributed by atoms with Crippen LogP contribution in [0.2, 0.25) is 0 Å². The molecule has 0 amide bonds. The van der Waals surface area contributed by atoms with Crippen molar-refractivity contribution in [1.29, 1.82) is 0 Å². The van der Waals surface area contributed by atoms with Crippen LogP contribution in [0.1, 0.15) is 84.0 Å². The first-order valence-electron chi connectivity index (χ1n) is 7.51. The van der Waals surface area contributed by atoms with Crippen molar-refractivity contribution in [3.8, 4) is 0 Å². The van der Waals surface area contributed by atoms with Crippen molar-refractivity contribution in [2.75, 3.05) is 0 Å². The summed E-state index contributed by atoms with van der Waals surface area (Å²) in [6.07, 6.45) is 15.6. The van der Waals surface area contributed by atoms with Crippen molar-refractivity contribution < 1.29 is 5.11 Å². The molecule has 1 N–H and O–H groups in total. The van der Waals surface area contributed by atoms with Crippen LogP contribution >= 0.6 is 0 Å². The molecule has 0 saturated heterocycles. The van der Waals surface area contributed by atoms with E-state index in [1.54, 1.807) is 0 Å². The molecule has 1 nitrogen and oxygen atoms in total. The van der Waals surface area contributed by atoms with Gasteiger partial charge in [-0.25, -0.2) is 0 Å². The van der Waals surface area contributed by atoms with Gasteiger partial charge in [-0.2, -0.15) is 0 Å². The van der Waals surface area contributed by atoms with Gasteiger partial charge in [-0.3, -0.25) is 0 Å². The minimum absolute atomic E-state index is 0.00951. The lowest BCUT2D eigenvalue weighted by molar-refractivity contribution is 0.119. The van der Waals surface area contributed by atoms with Crippen molar-refractivity contribution >= 4 is 0 Å². The van der Waals surface area contributed by atoms with Gasteiger partial charge in [0.25, 0.3) is 0 Å².